The monoisotopic (exact) mass is 407 g/mol. The lowest BCUT2D eigenvalue weighted by molar-refractivity contribution is 0.808. The minimum Gasteiger partial charge on any atom is -0.316 e. The highest BCUT2D eigenvalue weighted by Gasteiger charge is 2.20. The number of hydrogen-bond acceptors (Lipinski definition) is 0. The second kappa shape index (κ2) is 8.59. The lowest BCUT2D eigenvalue weighted by Crippen LogP contribution is -2.08. The molecule has 0 N–H and O–H groups in total. The minimum absolute atomic E-state index is 0.421. The Labute approximate surface area is 187 Å². The van der Waals surface area contributed by atoms with E-state index in [-0.39, 0.29) is 0 Å². The van der Waals surface area contributed by atoms with Gasteiger partial charge in [-0.3, -0.25) is 0 Å². The fourth-order valence-electron chi connectivity index (χ4n) is 4.57. The van der Waals surface area contributed by atoms with Gasteiger partial charge >= 0.3 is 0 Å². The molecular weight excluding hydrogens is 374 g/mol. The maximum Gasteiger partial charge on any atom is 0.0528 e. The number of aryl methyl sites for hydroxylation is 2. The van der Waals surface area contributed by atoms with E-state index in [0.29, 0.717) is 11.8 Å². The maximum atomic E-state index is 2.41. The van der Waals surface area contributed by atoms with Crippen LogP contribution in [0.4, 0.5) is 0 Å². The quantitative estimate of drug-likeness (QED) is 0.312. The first kappa shape index (κ1) is 21.2. The van der Waals surface area contributed by atoms with Crippen molar-refractivity contribution in [2.45, 2.75) is 53.4 Å². The Hall–Kier alpha value is -3.06. The Bertz CT molecular complexity index is 1140. The van der Waals surface area contributed by atoms with E-state index in [1.54, 1.807) is 0 Å². The molecule has 1 heterocycles. The van der Waals surface area contributed by atoms with Gasteiger partial charge in [0.05, 0.1) is 11.4 Å². The molecule has 0 atom stereocenters. The highest BCUT2D eigenvalue weighted by molar-refractivity contribution is 5.73. The third-order valence-electron chi connectivity index (χ3n) is 6.03. The van der Waals surface area contributed by atoms with Gasteiger partial charge in [-0.15, -0.1) is 0 Å². The predicted molar refractivity (Wildman–Crippen MR) is 134 cm³/mol. The predicted octanol–water partition coefficient (Wildman–Crippen LogP) is 8.67. The van der Waals surface area contributed by atoms with Crippen molar-refractivity contribution < 1.29 is 0 Å². The molecule has 0 radical (unpaired) electrons. The molecule has 1 nitrogen and oxygen atoms in total. The molecular formula is C30H33N. The van der Waals surface area contributed by atoms with E-state index in [1.165, 1.54) is 50.3 Å². The van der Waals surface area contributed by atoms with Crippen LogP contribution in [-0.4, -0.2) is 4.57 Å². The molecule has 31 heavy (non-hydrogen) atoms. The van der Waals surface area contributed by atoms with Crippen LogP contribution >= 0.6 is 0 Å². The Morgan fingerprint density at radius 1 is 0.581 bits per heavy atom. The Kier molecular flexibility index (Phi) is 5.87. The van der Waals surface area contributed by atoms with E-state index >= 15 is 0 Å². The third-order valence-corrected chi connectivity index (χ3v) is 6.03. The van der Waals surface area contributed by atoms with Crippen LogP contribution in [0.25, 0.3) is 28.1 Å². The van der Waals surface area contributed by atoms with Crippen molar-refractivity contribution in [2.75, 3.05) is 0 Å². The summed E-state index contributed by atoms with van der Waals surface area (Å²) in [6.07, 6.45) is 2.21. The molecule has 0 unspecified atom stereocenters. The van der Waals surface area contributed by atoms with Crippen LogP contribution in [0, 0.1) is 13.8 Å². The summed E-state index contributed by atoms with van der Waals surface area (Å²) in [7, 11) is 0. The fraction of sp³-hybridized carbons (Fsp3) is 0.267. The van der Waals surface area contributed by atoms with Crippen molar-refractivity contribution in [3.8, 4) is 28.1 Å². The fourth-order valence-corrected chi connectivity index (χ4v) is 4.57. The van der Waals surface area contributed by atoms with Crippen LogP contribution in [0.2, 0.25) is 0 Å². The Morgan fingerprint density at radius 2 is 1.13 bits per heavy atom. The molecule has 4 rings (SSSR count). The van der Waals surface area contributed by atoms with Gasteiger partial charge in [0.2, 0.25) is 0 Å². The van der Waals surface area contributed by atoms with Gasteiger partial charge in [0, 0.05) is 6.20 Å². The zero-order valence-corrected chi connectivity index (χ0v) is 19.6. The molecule has 1 aromatic heterocycles. The van der Waals surface area contributed by atoms with E-state index < -0.39 is 0 Å². The normalized spacial score (nSPS) is 11.5. The van der Waals surface area contributed by atoms with E-state index in [0.717, 1.165) is 0 Å². The molecule has 158 valence electrons. The number of hydrogen-bond donors (Lipinski definition) is 0. The summed E-state index contributed by atoms with van der Waals surface area (Å²) in [5, 5.41) is 0. The zero-order chi connectivity index (χ0) is 22.1. The Morgan fingerprint density at radius 3 is 1.68 bits per heavy atom. The van der Waals surface area contributed by atoms with Gasteiger partial charge in [-0.05, 0) is 77.8 Å². The summed E-state index contributed by atoms with van der Waals surface area (Å²) in [5.74, 6) is 0.841. The van der Waals surface area contributed by atoms with Gasteiger partial charge in [-0.25, -0.2) is 0 Å². The van der Waals surface area contributed by atoms with Crippen molar-refractivity contribution >= 4 is 0 Å². The van der Waals surface area contributed by atoms with Crippen molar-refractivity contribution in [3.05, 3.63) is 101 Å². The van der Waals surface area contributed by atoms with Gasteiger partial charge in [-0.1, -0.05) is 87.4 Å². The minimum atomic E-state index is 0.421. The molecule has 0 aliphatic carbocycles. The van der Waals surface area contributed by atoms with Crippen LogP contribution in [0.5, 0.6) is 0 Å². The molecule has 0 saturated heterocycles. The summed E-state index contributed by atoms with van der Waals surface area (Å²) in [6.45, 7) is 13.6. The number of nitrogens with zero attached hydrogens (tertiary/aromatic N) is 1. The van der Waals surface area contributed by atoms with Crippen molar-refractivity contribution in [1.29, 1.82) is 0 Å². The molecule has 0 aliphatic rings. The summed E-state index contributed by atoms with van der Waals surface area (Å²) in [4.78, 5) is 0. The van der Waals surface area contributed by atoms with Crippen LogP contribution in [-0.2, 0) is 0 Å². The molecule has 0 spiro atoms. The van der Waals surface area contributed by atoms with E-state index in [1.807, 2.05) is 0 Å². The lowest BCUT2D eigenvalue weighted by Gasteiger charge is -2.24. The number of rotatable bonds is 5. The maximum absolute atomic E-state index is 2.41. The van der Waals surface area contributed by atoms with Crippen LogP contribution in [0.15, 0.2) is 79.0 Å². The highest BCUT2D eigenvalue weighted by atomic mass is 15.0. The highest BCUT2D eigenvalue weighted by Crippen LogP contribution is 2.38. The zero-order valence-electron chi connectivity index (χ0n) is 19.6. The molecule has 0 aliphatic heterocycles. The third kappa shape index (κ3) is 4.23. The lowest BCUT2D eigenvalue weighted by atomic mass is 9.87. The summed E-state index contributed by atoms with van der Waals surface area (Å²) in [5.41, 5.74) is 11.9. The molecule has 3 aromatic carbocycles. The van der Waals surface area contributed by atoms with Gasteiger partial charge in [-0.2, -0.15) is 0 Å². The second-order valence-electron chi connectivity index (χ2n) is 9.32. The molecule has 0 saturated carbocycles. The standard InChI is InChI=1S/C30H33N/c1-20(2)27-18-26(25-16-22(5)15-23(6)17-25)19-28(21(3)4)30(27)31-14-10-13-29(31)24-11-8-7-9-12-24/h7-21H,1-6H3. The molecule has 0 fully saturated rings. The van der Waals surface area contributed by atoms with Crippen molar-refractivity contribution in [3.63, 3.8) is 0 Å². The SMILES string of the molecule is Cc1cc(C)cc(-c2cc(C(C)C)c(-n3cccc3-c3ccccc3)c(C(C)C)c2)c1. The summed E-state index contributed by atoms with van der Waals surface area (Å²) in [6, 6.07) is 26.8. The number of benzene rings is 3. The van der Waals surface area contributed by atoms with Crippen LogP contribution < -0.4 is 0 Å². The van der Waals surface area contributed by atoms with Gasteiger partial charge in [0.15, 0.2) is 0 Å². The smallest absolute Gasteiger partial charge is 0.0528 e. The van der Waals surface area contributed by atoms with E-state index in [4.69, 9.17) is 0 Å². The Balaban J connectivity index is 1.99. The molecule has 1 heteroatoms. The second-order valence-corrected chi connectivity index (χ2v) is 9.32. The van der Waals surface area contributed by atoms with Crippen LogP contribution in [0.3, 0.4) is 0 Å². The number of aromatic nitrogens is 1. The topological polar surface area (TPSA) is 4.93 Å². The first-order valence-electron chi connectivity index (χ1n) is 11.3. The van der Waals surface area contributed by atoms with Gasteiger partial charge < -0.3 is 4.57 Å². The summed E-state index contributed by atoms with van der Waals surface area (Å²) < 4.78 is 2.39. The molecule has 4 aromatic rings. The largest absolute Gasteiger partial charge is 0.316 e. The van der Waals surface area contributed by atoms with Crippen LogP contribution in [0.1, 0.15) is 61.8 Å². The van der Waals surface area contributed by atoms with Crippen molar-refractivity contribution in [1.82, 2.24) is 4.57 Å². The average molecular weight is 408 g/mol. The average Bonchev–Trinajstić information content (AvgIpc) is 3.22. The van der Waals surface area contributed by atoms with Crippen molar-refractivity contribution in [2.24, 2.45) is 0 Å². The first-order chi connectivity index (χ1) is 14.8. The van der Waals surface area contributed by atoms with Gasteiger partial charge in [0.1, 0.15) is 0 Å². The molecule has 0 amide bonds. The van der Waals surface area contributed by atoms with E-state index in [2.05, 4.69) is 125 Å². The molecule has 0 bridgehead atoms. The van der Waals surface area contributed by atoms with E-state index in [9.17, 15) is 0 Å². The van der Waals surface area contributed by atoms with Gasteiger partial charge in [0.25, 0.3) is 0 Å². The first-order valence-corrected chi connectivity index (χ1v) is 11.3. The summed E-state index contributed by atoms with van der Waals surface area (Å²) >= 11 is 0.